The fourth-order valence-corrected chi connectivity index (χ4v) is 20.2. The van der Waals surface area contributed by atoms with E-state index in [0.29, 0.717) is 0 Å². The van der Waals surface area contributed by atoms with Gasteiger partial charge in [0.2, 0.25) is 7.38 Å². The summed E-state index contributed by atoms with van der Waals surface area (Å²) in [5.41, 5.74) is 3.71. The van der Waals surface area contributed by atoms with Crippen LogP contribution in [0.1, 0.15) is 31.9 Å². The van der Waals surface area contributed by atoms with Gasteiger partial charge in [0, 0.05) is 27.6 Å². The Bertz CT molecular complexity index is 2940. The van der Waals surface area contributed by atoms with Crippen molar-refractivity contribution in [3.05, 3.63) is 319 Å². The first-order valence-corrected chi connectivity index (χ1v) is 33.5. The van der Waals surface area contributed by atoms with Gasteiger partial charge in [-0.2, -0.15) is 5.26 Å². The van der Waals surface area contributed by atoms with Crippen LogP contribution in [0.2, 0.25) is 0 Å². The van der Waals surface area contributed by atoms with Gasteiger partial charge < -0.3 is 14.1 Å². The summed E-state index contributed by atoms with van der Waals surface area (Å²) >= 11 is 13.4. The highest BCUT2D eigenvalue weighted by Gasteiger charge is 2.41. The van der Waals surface area contributed by atoms with Gasteiger partial charge in [-0.1, -0.05) is 314 Å². The van der Waals surface area contributed by atoms with Crippen molar-refractivity contribution < 1.29 is 9.22 Å². The summed E-state index contributed by atoms with van der Waals surface area (Å²) < 4.78 is 6.24. The molecule has 0 heterocycles. The minimum Gasteiger partial charge on any atom is -0.421 e. The second-order valence-electron chi connectivity index (χ2n) is 18.9. The molecule has 398 valence electrons. The largest absolute Gasteiger partial charge is 0.421 e. The number of nitriles is 1. The van der Waals surface area contributed by atoms with Crippen molar-refractivity contribution in [1.82, 2.24) is 4.90 Å². The zero-order valence-corrected chi connectivity index (χ0v) is 50.5. The van der Waals surface area contributed by atoms with Crippen molar-refractivity contribution in [3.63, 3.8) is 0 Å². The lowest BCUT2D eigenvalue weighted by Crippen LogP contribution is -2.68. The summed E-state index contributed by atoms with van der Waals surface area (Å²) in [6.45, 7) is 8.42. The molecule has 0 unspecified atom stereocenters. The number of rotatable bonds is 13. The maximum Gasteiger partial charge on any atom is 0.287 e. The summed E-state index contributed by atoms with van der Waals surface area (Å²) in [4.78, 5) is 13.6. The Hall–Kier alpha value is -7.62. The molecule has 0 spiro atoms. The number of aryl methyl sites for hydroxylation is 1. The van der Waals surface area contributed by atoms with E-state index in [1.807, 2.05) is 155 Å². The Morgan fingerprint density at radius 2 is 0.671 bits per heavy atom. The van der Waals surface area contributed by atoms with Crippen LogP contribution in [0.3, 0.4) is 0 Å². The minimum absolute atomic E-state index is 0.829. The highest BCUT2D eigenvalue weighted by molar-refractivity contribution is 7.40. The third-order valence-corrected chi connectivity index (χ3v) is 26.8. The first-order valence-electron chi connectivity index (χ1n) is 26.3. The van der Waals surface area contributed by atoms with E-state index in [9.17, 15) is 4.80 Å². The fourth-order valence-electron chi connectivity index (χ4n) is 9.33. The molecule has 0 fully saturated rings. The van der Waals surface area contributed by atoms with E-state index in [0.717, 1.165) is 32.8 Å². The van der Waals surface area contributed by atoms with E-state index in [1.54, 1.807) is 6.07 Å². The predicted octanol–water partition coefficient (Wildman–Crippen LogP) is 11.3. The second kappa shape index (κ2) is 31.1. The van der Waals surface area contributed by atoms with Crippen molar-refractivity contribution in [1.29, 1.82) is 5.26 Å². The van der Waals surface area contributed by atoms with Crippen molar-refractivity contribution in [2.24, 2.45) is 0 Å². The maximum atomic E-state index is 11.6. The third kappa shape index (κ3) is 16.0. The number of allylic oxidation sites excluding steroid dienone is 1. The van der Waals surface area contributed by atoms with Crippen LogP contribution in [0, 0.1) is 18.3 Å². The summed E-state index contributed by atoms with van der Waals surface area (Å²) in [6, 6.07) is 103. The van der Waals surface area contributed by atoms with E-state index < -0.39 is 24.0 Å². The standard InChI is InChI=1S/C19H18OSi.C18H15ClSi.C18H16OSi.C13H18ClN.C2H3N/c1-20-21(17-11-5-2-6-12-17,18-13-7-3-8-14-18)19-15-9-4-10-16-19;2*19-20(16-10-4-1-5-11-16,17-12-6-2-7-13-17)18-14-8-3-9-15-18;1-10(2)13(14)15(4)9-12-7-5-11(3)6-8-12;1-2-3/h2-16H,1H3;1-15H;1-15,19H;5-8H,9H2,1-4H3;1H3. The van der Waals surface area contributed by atoms with Crippen LogP contribution in [0.5, 0.6) is 0 Å². The van der Waals surface area contributed by atoms with Gasteiger partial charge in [0.15, 0.2) is 0 Å². The molecule has 0 saturated carbocycles. The lowest BCUT2D eigenvalue weighted by atomic mass is 10.1. The summed E-state index contributed by atoms with van der Waals surface area (Å²) in [5, 5.41) is 18.7. The van der Waals surface area contributed by atoms with Gasteiger partial charge in [-0.3, -0.25) is 0 Å². The predicted molar refractivity (Wildman–Crippen MR) is 345 cm³/mol. The molecule has 0 aliphatic rings. The van der Waals surface area contributed by atoms with Gasteiger partial charge >= 0.3 is 0 Å². The third-order valence-electron chi connectivity index (χ3n) is 13.2. The molecular formula is C70H70Cl2N2O2Si3. The molecule has 10 rings (SSSR count). The van der Waals surface area contributed by atoms with E-state index in [-0.39, 0.29) is 0 Å². The zero-order chi connectivity index (χ0) is 56.4. The first kappa shape index (κ1) is 60.6. The van der Waals surface area contributed by atoms with Gasteiger partial charge in [-0.15, -0.1) is 11.1 Å². The average Bonchev–Trinajstić information content (AvgIpc) is 3.59. The van der Waals surface area contributed by atoms with Crippen LogP contribution in [0.15, 0.2) is 308 Å². The molecule has 9 heteroatoms. The Labute approximate surface area is 483 Å². The van der Waals surface area contributed by atoms with Crippen molar-refractivity contribution in [2.45, 2.75) is 34.2 Å². The zero-order valence-electron chi connectivity index (χ0n) is 46.0. The summed E-state index contributed by atoms with van der Waals surface area (Å²) in [7, 11) is -3.84. The van der Waals surface area contributed by atoms with Crippen molar-refractivity contribution in [2.75, 3.05) is 14.2 Å². The second-order valence-corrected chi connectivity index (χ2v) is 30.7. The molecule has 0 amide bonds. The number of nitrogens with zero attached hydrogens (tertiary/aromatic N) is 2. The molecule has 0 saturated heterocycles. The molecule has 10 aromatic carbocycles. The molecule has 10 aromatic rings. The monoisotopic (exact) mass is 1120 g/mol. The van der Waals surface area contributed by atoms with Crippen LogP contribution in [-0.2, 0) is 11.0 Å². The lowest BCUT2D eigenvalue weighted by molar-refractivity contribution is 0.426. The normalized spacial score (nSPS) is 10.7. The van der Waals surface area contributed by atoms with E-state index in [1.165, 1.54) is 49.2 Å². The Kier molecular flexibility index (Phi) is 23.9. The Morgan fingerprint density at radius 1 is 0.443 bits per heavy atom. The molecule has 0 aromatic heterocycles. The molecule has 0 aliphatic heterocycles. The van der Waals surface area contributed by atoms with Crippen LogP contribution in [-0.4, -0.2) is 47.9 Å². The SMILES string of the molecule is CC#N.CC(C)=C(Cl)N(C)Cc1ccc(C)cc1.CO[Si](c1ccccc1)(c1ccccc1)c1ccccc1.Cl[Si](c1ccccc1)(c1ccccc1)c1ccccc1.O[Si](c1ccccc1)(c1ccccc1)c1ccccc1. The van der Waals surface area contributed by atoms with Gasteiger partial charge in [-0.25, -0.2) is 0 Å². The maximum absolute atomic E-state index is 11.6. The quantitative estimate of drug-likeness (QED) is 0.0541. The minimum atomic E-state index is -2.88. The molecular weight excluding hydrogens is 1060 g/mol. The van der Waals surface area contributed by atoms with Gasteiger partial charge in [-0.05, 0) is 78.6 Å². The molecule has 4 nitrogen and oxygen atoms in total. The van der Waals surface area contributed by atoms with Gasteiger partial charge in [0.25, 0.3) is 16.6 Å². The lowest BCUT2D eigenvalue weighted by Gasteiger charge is -2.31. The topological polar surface area (TPSA) is 56.5 Å². The molecule has 0 radical (unpaired) electrons. The van der Waals surface area contributed by atoms with Gasteiger partial charge in [0.05, 0.1) is 6.07 Å². The molecule has 0 aliphatic carbocycles. The van der Waals surface area contributed by atoms with Crippen molar-refractivity contribution >= 4 is 93.4 Å². The Balaban J connectivity index is 0.000000168. The van der Waals surface area contributed by atoms with E-state index in [2.05, 4.69) is 182 Å². The highest BCUT2D eigenvalue weighted by Crippen LogP contribution is 2.17. The molecule has 79 heavy (non-hydrogen) atoms. The molecule has 0 atom stereocenters. The highest BCUT2D eigenvalue weighted by atomic mass is 35.6. The summed E-state index contributed by atoms with van der Waals surface area (Å²) in [5.74, 6) is 0. The van der Waals surface area contributed by atoms with Crippen LogP contribution >= 0.6 is 22.7 Å². The number of benzene rings is 10. The molecule has 0 bridgehead atoms. The Morgan fingerprint density at radius 3 is 0.899 bits per heavy atom. The van der Waals surface area contributed by atoms with Gasteiger partial charge in [0.1, 0.15) is 5.16 Å². The van der Waals surface area contributed by atoms with Crippen LogP contribution in [0.4, 0.5) is 0 Å². The fraction of sp³-hybridized carbons (Fsp3) is 0.100. The number of halogens is 2. The van der Waals surface area contributed by atoms with Crippen LogP contribution in [0.25, 0.3) is 0 Å². The number of hydrogen-bond acceptors (Lipinski definition) is 4. The summed E-state index contributed by atoms with van der Waals surface area (Å²) in [6.07, 6.45) is 0. The first-order chi connectivity index (χ1) is 38.4. The van der Waals surface area contributed by atoms with E-state index >= 15 is 0 Å². The van der Waals surface area contributed by atoms with Crippen molar-refractivity contribution in [3.8, 4) is 6.07 Å². The average molecular weight is 1130 g/mol. The smallest absolute Gasteiger partial charge is 0.287 e. The van der Waals surface area contributed by atoms with E-state index in [4.69, 9.17) is 32.4 Å². The number of hydrogen-bond donors (Lipinski definition) is 1. The molecule has 1 N–H and O–H groups in total. The van der Waals surface area contributed by atoms with Crippen LogP contribution < -0.4 is 46.7 Å².